The molecule has 2 heterocycles. The van der Waals surface area contributed by atoms with Gasteiger partial charge in [0, 0.05) is 12.3 Å². The first-order valence-electron chi connectivity index (χ1n) is 4.74. The van der Waals surface area contributed by atoms with Crippen molar-refractivity contribution in [1.82, 2.24) is 10.1 Å². The van der Waals surface area contributed by atoms with Crippen molar-refractivity contribution in [3.63, 3.8) is 0 Å². The zero-order valence-electron chi connectivity index (χ0n) is 8.36. The minimum atomic E-state index is 0.575. The van der Waals surface area contributed by atoms with Crippen molar-refractivity contribution in [1.29, 1.82) is 0 Å². The number of furan rings is 1. The molecule has 15 heavy (non-hydrogen) atoms. The van der Waals surface area contributed by atoms with E-state index in [1.165, 1.54) is 0 Å². The minimum Gasteiger partial charge on any atom is -0.469 e. The van der Waals surface area contributed by atoms with E-state index in [1.54, 1.807) is 6.26 Å². The molecule has 0 spiro atoms. The molecule has 0 saturated heterocycles. The number of nitrogens with zero attached hydrogens (tertiary/aromatic N) is 2. The quantitative estimate of drug-likeness (QED) is 0.753. The Morgan fingerprint density at radius 1 is 1.47 bits per heavy atom. The molecule has 0 saturated carbocycles. The van der Waals surface area contributed by atoms with Crippen molar-refractivity contribution in [3.8, 4) is 11.4 Å². The third-order valence-electron chi connectivity index (χ3n) is 2.09. The number of aryl methyl sites for hydroxylation is 2. The molecule has 0 fully saturated rings. The standard InChI is InChI=1S/C10H11ClN2O2/c1-7-8(4-6-14-7)10-12-9(15-13-10)3-2-5-11/h4,6H,2-3,5H2,1H3. The van der Waals surface area contributed by atoms with Crippen LogP contribution in [-0.4, -0.2) is 16.0 Å². The van der Waals surface area contributed by atoms with E-state index in [4.69, 9.17) is 20.5 Å². The SMILES string of the molecule is Cc1occc1-c1noc(CCCCl)n1. The van der Waals surface area contributed by atoms with E-state index in [2.05, 4.69) is 10.1 Å². The highest BCUT2D eigenvalue weighted by Crippen LogP contribution is 2.21. The van der Waals surface area contributed by atoms with Crippen molar-refractivity contribution in [2.75, 3.05) is 5.88 Å². The fourth-order valence-electron chi connectivity index (χ4n) is 1.30. The summed E-state index contributed by atoms with van der Waals surface area (Å²) in [6.07, 6.45) is 3.17. The Morgan fingerprint density at radius 3 is 3.00 bits per heavy atom. The number of aromatic nitrogens is 2. The van der Waals surface area contributed by atoms with Crippen molar-refractivity contribution < 1.29 is 8.94 Å². The zero-order valence-corrected chi connectivity index (χ0v) is 9.12. The second-order valence-electron chi connectivity index (χ2n) is 3.19. The maximum Gasteiger partial charge on any atom is 0.227 e. The number of hydrogen-bond donors (Lipinski definition) is 0. The zero-order chi connectivity index (χ0) is 10.7. The Hall–Kier alpha value is -1.29. The molecule has 2 aromatic heterocycles. The van der Waals surface area contributed by atoms with Crippen LogP contribution in [0.1, 0.15) is 18.1 Å². The van der Waals surface area contributed by atoms with Gasteiger partial charge in [-0.3, -0.25) is 0 Å². The Labute approximate surface area is 92.2 Å². The van der Waals surface area contributed by atoms with Crippen LogP contribution in [-0.2, 0) is 6.42 Å². The molecule has 80 valence electrons. The average Bonchev–Trinajstić information content (AvgIpc) is 2.83. The predicted octanol–water partition coefficient (Wildman–Crippen LogP) is 2.81. The highest BCUT2D eigenvalue weighted by atomic mass is 35.5. The Bertz CT molecular complexity index is 436. The first-order valence-corrected chi connectivity index (χ1v) is 5.27. The summed E-state index contributed by atoms with van der Waals surface area (Å²) < 4.78 is 10.3. The molecule has 2 rings (SSSR count). The molecule has 0 aliphatic carbocycles. The van der Waals surface area contributed by atoms with E-state index in [0.717, 1.165) is 17.7 Å². The van der Waals surface area contributed by atoms with Crippen molar-refractivity contribution in [3.05, 3.63) is 24.0 Å². The van der Waals surface area contributed by atoms with Crippen LogP contribution in [0.25, 0.3) is 11.4 Å². The van der Waals surface area contributed by atoms with Crippen molar-refractivity contribution in [2.24, 2.45) is 0 Å². The van der Waals surface area contributed by atoms with Crippen LogP contribution in [0.5, 0.6) is 0 Å². The van der Waals surface area contributed by atoms with Gasteiger partial charge < -0.3 is 8.94 Å². The van der Waals surface area contributed by atoms with Crippen LogP contribution in [0.2, 0.25) is 0 Å². The number of halogens is 1. The van der Waals surface area contributed by atoms with Crippen LogP contribution >= 0.6 is 11.6 Å². The second kappa shape index (κ2) is 4.49. The van der Waals surface area contributed by atoms with Gasteiger partial charge in [-0.2, -0.15) is 4.98 Å². The lowest BCUT2D eigenvalue weighted by Gasteiger charge is -1.88. The van der Waals surface area contributed by atoms with Crippen molar-refractivity contribution >= 4 is 11.6 Å². The third kappa shape index (κ3) is 2.21. The Morgan fingerprint density at radius 2 is 2.33 bits per heavy atom. The highest BCUT2D eigenvalue weighted by Gasteiger charge is 2.12. The molecule has 0 bridgehead atoms. The molecule has 0 unspecified atom stereocenters. The molecule has 0 aliphatic heterocycles. The first-order chi connectivity index (χ1) is 7.31. The van der Waals surface area contributed by atoms with Crippen LogP contribution in [0, 0.1) is 6.92 Å². The molecule has 0 atom stereocenters. The maximum absolute atomic E-state index is 5.58. The van der Waals surface area contributed by atoms with Crippen LogP contribution in [0.15, 0.2) is 21.3 Å². The lowest BCUT2D eigenvalue weighted by atomic mass is 10.2. The minimum absolute atomic E-state index is 0.575. The summed E-state index contributed by atoms with van der Waals surface area (Å²) >= 11 is 5.58. The van der Waals surface area contributed by atoms with E-state index in [9.17, 15) is 0 Å². The largest absolute Gasteiger partial charge is 0.469 e. The lowest BCUT2D eigenvalue weighted by molar-refractivity contribution is 0.378. The molecule has 0 N–H and O–H groups in total. The summed E-state index contributed by atoms with van der Waals surface area (Å²) in [7, 11) is 0. The van der Waals surface area contributed by atoms with Gasteiger partial charge in [-0.1, -0.05) is 5.16 Å². The molecule has 0 radical (unpaired) electrons. The Kier molecular flexibility index (Phi) is 3.06. The summed E-state index contributed by atoms with van der Waals surface area (Å²) in [5.74, 6) is 2.58. The van der Waals surface area contributed by atoms with E-state index >= 15 is 0 Å². The fourth-order valence-corrected chi connectivity index (χ4v) is 1.43. The van der Waals surface area contributed by atoms with E-state index < -0.39 is 0 Å². The number of hydrogen-bond acceptors (Lipinski definition) is 4. The van der Waals surface area contributed by atoms with Gasteiger partial charge in [-0.25, -0.2) is 0 Å². The van der Waals surface area contributed by atoms with Gasteiger partial charge in [0.1, 0.15) is 5.76 Å². The highest BCUT2D eigenvalue weighted by molar-refractivity contribution is 6.17. The molecular weight excluding hydrogens is 216 g/mol. The predicted molar refractivity (Wildman–Crippen MR) is 55.8 cm³/mol. The maximum atomic E-state index is 5.58. The summed E-state index contributed by atoms with van der Waals surface area (Å²) in [6.45, 7) is 1.87. The van der Waals surface area contributed by atoms with Crippen LogP contribution in [0.4, 0.5) is 0 Å². The monoisotopic (exact) mass is 226 g/mol. The van der Waals surface area contributed by atoms with E-state index in [0.29, 0.717) is 24.0 Å². The number of rotatable bonds is 4. The summed E-state index contributed by atoms with van der Waals surface area (Å²) in [4.78, 5) is 4.25. The van der Waals surface area contributed by atoms with Gasteiger partial charge in [0.05, 0.1) is 11.8 Å². The van der Waals surface area contributed by atoms with Crippen LogP contribution < -0.4 is 0 Å². The molecule has 0 aliphatic rings. The summed E-state index contributed by atoms with van der Waals surface area (Å²) in [6, 6.07) is 1.82. The fraction of sp³-hybridized carbons (Fsp3) is 0.400. The first kappa shape index (κ1) is 10.2. The molecule has 2 aromatic rings. The summed E-state index contributed by atoms with van der Waals surface area (Å²) in [5.41, 5.74) is 0.871. The van der Waals surface area contributed by atoms with Gasteiger partial charge in [-0.05, 0) is 19.4 Å². The van der Waals surface area contributed by atoms with Crippen LogP contribution in [0.3, 0.4) is 0 Å². The average molecular weight is 227 g/mol. The third-order valence-corrected chi connectivity index (χ3v) is 2.36. The molecule has 0 amide bonds. The topological polar surface area (TPSA) is 52.1 Å². The Balaban J connectivity index is 2.17. The van der Waals surface area contributed by atoms with Gasteiger partial charge >= 0.3 is 0 Å². The molecule has 5 heteroatoms. The number of alkyl halides is 1. The van der Waals surface area contributed by atoms with E-state index in [-0.39, 0.29) is 0 Å². The van der Waals surface area contributed by atoms with E-state index in [1.807, 2.05) is 13.0 Å². The van der Waals surface area contributed by atoms with Gasteiger partial charge in [0.2, 0.25) is 11.7 Å². The normalized spacial score (nSPS) is 10.8. The van der Waals surface area contributed by atoms with Crippen molar-refractivity contribution in [2.45, 2.75) is 19.8 Å². The van der Waals surface area contributed by atoms with Gasteiger partial charge in [-0.15, -0.1) is 11.6 Å². The lowest BCUT2D eigenvalue weighted by Crippen LogP contribution is -1.86. The second-order valence-corrected chi connectivity index (χ2v) is 3.57. The van der Waals surface area contributed by atoms with Gasteiger partial charge in [0.15, 0.2) is 0 Å². The molecule has 4 nitrogen and oxygen atoms in total. The smallest absolute Gasteiger partial charge is 0.227 e. The molecular formula is C10H11ClN2O2. The summed E-state index contributed by atoms with van der Waals surface area (Å²) in [5, 5.41) is 3.88. The molecule has 0 aromatic carbocycles. The van der Waals surface area contributed by atoms with Gasteiger partial charge in [0.25, 0.3) is 0 Å².